The van der Waals surface area contributed by atoms with Crippen molar-refractivity contribution in [3.8, 4) is 0 Å². The fraction of sp³-hybridized carbons (Fsp3) is 0.524. The molecule has 5 rings (SSSR count). The highest BCUT2D eigenvalue weighted by Gasteiger charge is 2.46. The van der Waals surface area contributed by atoms with E-state index in [1.165, 1.54) is 0 Å². The van der Waals surface area contributed by atoms with Crippen molar-refractivity contribution in [3.05, 3.63) is 34.9 Å². The second-order valence-corrected chi connectivity index (χ2v) is 8.75. The first-order valence-corrected chi connectivity index (χ1v) is 10.3. The maximum Gasteiger partial charge on any atom is 0.262 e. The summed E-state index contributed by atoms with van der Waals surface area (Å²) < 4.78 is 5.57. The maximum atomic E-state index is 13.0. The normalized spacial score (nSPS) is 31.7. The summed E-state index contributed by atoms with van der Waals surface area (Å²) in [5, 5.41) is 2.21. The first-order chi connectivity index (χ1) is 14.4. The van der Waals surface area contributed by atoms with Crippen LogP contribution in [0.25, 0.3) is 0 Å². The Kier molecular flexibility index (Phi) is 4.49. The van der Waals surface area contributed by atoms with Crippen molar-refractivity contribution >= 4 is 23.6 Å². The monoisotopic (exact) mass is 412 g/mol. The van der Waals surface area contributed by atoms with Crippen LogP contribution in [-0.2, 0) is 20.9 Å². The molecule has 30 heavy (non-hydrogen) atoms. The number of hydrogen-bond donors (Lipinski definition) is 2. The Labute approximate surface area is 173 Å². The minimum atomic E-state index is -0.947. The molecule has 9 heteroatoms. The average Bonchev–Trinajstić information content (AvgIpc) is 3.16. The van der Waals surface area contributed by atoms with Gasteiger partial charge in [0.15, 0.2) is 0 Å². The third-order valence-electron chi connectivity index (χ3n) is 6.75. The lowest BCUT2D eigenvalue weighted by molar-refractivity contribution is -0.136. The van der Waals surface area contributed by atoms with Crippen LogP contribution in [0.4, 0.5) is 0 Å². The summed E-state index contributed by atoms with van der Waals surface area (Å²) in [7, 11) is 0. The van der Waals surface area contributed by atoms with Crippen LogP contribution < -0.4 is 11.1 Å². The fourth-order valence-electron chi connectivity index (χ4n) is 5.09. The predicted octanol–water partition coefficient (Wildman–Crippen LogP) is -0.363. The highest BCUT2D eigenvalue weighted by atomic mass is 16.5. The zero-order chi connectivity index (χ0) is 21.0. The van der Waals surface area contributed by atoms with E-state index in [2.05, 4.69) is 10.2 Å². The maximum absolute atomic E-state index is 13.0. The topological polar surface area (TPSA) is 122 Å². The molecule has 4 aliphatic rings. The van der Waals surface area contributed by atoms with E-state index in [0.29, 0.717) is 36.8 Å². The number of nitrogens with zero attached hydrogens (tertiary/aromatic N) is 2. The number of fused-ring (bicyclic) bond motifs is 2. The number of ether oxygens (including phenoxy) is 1. The predicted molar refractivity (Wildman–Crippen MR) is 104 cm³/mol. The molecule has 4 heterocycles. The van der Waals surface area contributed by atoms with Gasteiger partial charge in [-0.3, -0.25) is 34.3 Å². The highest BCUT2D eigenvalue weighted by Crippen LogP contribution is 2.34. The number of nitrogens with two attached hydrogens (primary N) is 1. The molecule has 1 unspecified atom stereocenters. The number of likely N-dealkylation sites (tertiary alicyclic amines) is 1. The van der Waals surface area contributed by atoms with Crippen molar-refractivity contribution in [2.45, 2.75) is 37.4 Å². The molecule has 3 N–H and O–H groups in total. The first-order valence-electron chi connectivity index (χ1n) is 10.3. The summed E-state index contributed by atoms with van der Waals surface area (Å²) in [6.45, 7) is 3.59. The summed E-state index contributed by atoms with van der Waals surface area (Å²) in [6, 6.07) is 4.29. The van der Waals surface area contributed by atoms with Crippen molar-refractivity contribution in [2.75, 3.05) is 26.3 Å². The van der Waals surface area contributed by atoms with Crippen LogP contribution in [0, 0.1) is 5.92 Å². The molecule has 0 bridgehead atoms. The molecular formula is C21H24N4O5. The second kappa shape index (κ2) is 6.97. The first kappa shape index (κ1) is 19.3. The van der Waals surface area contributed by atoms with Gasteiger partial charge in [-0.15, -0.1) is 0 Å². The highest BCUT2D eigenvalue weighted by molar-refractivity contribution is 6.23. The molecular weight excluding hydrogens is 388 g/mol. The summed E-state index contributed by atoms with van der Waals surface area (Å²) in [5.41, 5.74) is 7.87. The van der Waals surface area contributed by atoms with Gasteiger partial charge in [0.1, 0.15) is 6.04 Å². The molecule has 9 nitrogen and oxygen atoms in total. The van der Waals surface area contributed by atoms with Crippen molar-refractivity contribution in [3.63, 3.8) is 0 Å². The SMILES string of the molecule is N[C@@]12CCOC[C@@H]1CN(Cc1ccc3c(c1)C(=O)N(C1CCC(=O)NC1=O)C3=O)C2. The van der Waals surface area contributed by atoms with Crippen LogP contribution in [0.3, 0.4) is 0 Å². The van der Waals surface area contributed by atoms with Gasteiger partial charge in [0.2, 0.25) is 11.8 Å². The number of carbonyl (C=O) groups is 4. The van der Waals surface area contributed by atoms with Crippen LogP contribution in [0.5, 0.6) is 0 Å². The van der Waals surface area contributed by atoms with Gasteiger partial charge in [0.25, 0.3) is 11.8 Å². The van der Waals surface area contributed by atoms with E-state index in [9.17, 15) is 19.2 Å². The Morgan fingerprint density at radius 3 is 2.73 bits per heavy atom. The van der Waals surface area contributed by atoms with Crippen molar-refractivity contribution < 1.29 is 23.9 Å². The zero-order valence-electron chi connectivity index (χ0n) is 16.6. The quantitative estimate of drug-likeness (QED) is 0.650. The van der Waals surface area contributed by atoms with Gasteiger partial charge in [0.05, 0.1) is 17.7 Å². The Bertz CT molecular complexity index is 963. The molecule has 1 aromatic rings. The van der Waals surface area contributed by atoms with E-state index >= 15 is 0 Å². The summed E-state index contributed by atoms with van der Waals surface area (Å²) in [6.07, 6.45) is 1.10. The van der Waals surface area contributed by atoms with Crippen LogP contribution in [0.2, 0.25) is 0 Å². The number of piperidine rings is 1. The van der Waals surface area contributed by atoms with Crippen LogP contribution in [0.1, 0.15) is 45.5 Å². The number of nitrogens with one attached hydrogen (secondary N) is 1. The van der Waals surface area contributed by atoms with Gasteiger partial charge >= 0.3 is 0 Å². The fourth-order valence-corrected chi connectivity index (χ4v) is 5.09. The van der Waals surface area contributed by atoms with E-state index in [1.807, 2.05) is 6.07 Å². The minimum absolute atomic E-state index is 0.107. The van der Waals surface area contributed by atoms with Crippen LogP contribution >= 0.6 is 0 Å². The largest absolute Gasteiger partial charge is 0.381 e. The Morgan fingerprint density at radius 2 is 1.97 bits per heavy atom. The van der Waals surface area contributed by atoms with Crippen LogP contribution in [0.15, 0.2) is 18.2 Å². The van der Waals surface area contributed by atoms with Gasteiger partial charge in [-0.1, -0.05) is 6.07 Å². The molecule has 3 saturated heterocycles. The second-order valence-electron chi connectivity index (χ2n) is 8.75. The van der Waals surface area contributed by atoms with Gasteiger partial charge in [-0.2, -0.15) is 0 Å². The van der Waals surface area contributed by atoms with Gasteiger partial charge in [-0.25, -0.2) is 0 Å². The summed E-state index contributed by atoms with van der Waals surface area (Å²) in [5.74, 6) is -1.65. The van der Waals surface area contributed by atoms with Crippen molar-refractivity contribution in [1.82, 2.24) is 15.1 Å². The van der Waals surface area contributed by atoms with Crippen LogP contribution in [-0.4, -0.2) is 71.3 Å². The Morgan fingerprint density at radius 1 is 1.17 bits per heavy atom. The summed E-state index contributed by atoms with van der Waals surface area (Å²) in [4.78, 5) is 52.6. The summed E-state index contributed by atoms with van der Waals surface area (Å²) >= 11 is 0. The average molecular weight is 412 g/mol. The standard InChI is InChI=1S/C21H24N4O5/c22-21-5-6-30-10-13(21)9-24(11-21)8-12-1-2-14-15(7-12)20(29)25(19(14)28)16-3-4-17(26)23-18(16)27/h1-2,7,13,16H,3-6,8-11,22H2,(H,23,26,27)/t13-,16?,21+/m0/s1. The lowest BCUT2D eigenvalue weighted by atomic mass is 9.84. The van der Waals surface area contributed by atoms with E-state index in [4.69, 9.17) is 10.5 Å². The number of imide groups is 2. The number of carbonyl (C=O) groups excluding carboxylic acids is 4. The minimum Gasteiger partial charge on any atom is -0.381 e. The molecule has 0 aliphatic carbocycles. The van der Waals surface area contributed by atoms with Crippen molar-refractivity contribution in [2.24, 2.45) is 11.7 Å². The van der Waals surface area contributed by atoms with Gasteiger partial charge in [-0.05, 0) is 30.5 Å². The number of hydrogen-bond acceptors (Lipinski definition) is 7. The van der Waals surface area contributed by atoms with Gasteiger partial charge in [0, 0.05) is 44.1 Å². The molecule has 4 amide bonds. The van der Waals surface area contributed by atoms with Crippen molar-refractivity contribution in [1.29, 1.82) is 0 Å². The molecule has 3 fully saturated rings. The molecule has 0 aromatic heterocycles. The molecule has 4 aliphatic heterocycles. The molecule has 0 radical (unpaired) electrons. The molecule has 1 aromatic carbocycles. The van der Waals surface area contributed by atoms with E-state index in [-0.39, 0.29) is 24.3 Å². The van der Waals surface area contributed by atoms with E-state index in [0.717, 1.165) is 30.0 Å². The van der Waals surface area contributed by atoms with E-state index in [1.54, 1.807) is 12.1 Å². The Balaban J connectivity index is 1.34. The third-order valence-corrected chi connectivity index (χ3v) is 6.75. The number of amides is 4. The molecule has 0 saturated carbocycles. The lowest BCUT2D eigenvalue weighted by Gasteiger charge is -2.34. The Hall–Kier alpha value is -2.62. The molecule has 0 spiro atoms. The number of benzene rings is 1. The number of rotatable bonds is 3. The zero-order valence-corrected chi connectivity index (χ0v) is 16.6. The third kappa shape index (κ3) is 3.05. The van der Waals surface area contributed by atoms with E-state index < -0.39 is 23.8 Å². The molecule has 3 atom stereocenters. The lowest BCUT2D eigenvalue weighted by Crippen LogP contribution is -2.54. The smallest absolute Gasteiger partial charge is 0.262 e. The van der Waals surface area contributed by atoms with Gasteiger partial charge < -0.3 is 10.5 Å². The molecule has 158 valence electrons.